The molecule has 0 aromatic heterocycles. The molecule has 1 aliphatic rings. The lowest BCUT2D eigenvalue weighted by Gasteiger charge is -2.32. The van der Waals surface area contributed by atoms with E-state index in [1.165, 1.54) is 12.1 Å². The number of hydrogen-bond donors (Lipinski definition) is 0. The zero-order valence-electron chi connectivity index (χ0n) is 12.7. The first-order valence-electron chi connectivity index (χ1n) is 7.31. The van der Waals surface area contributed by atoms with Crippen molar-refractivity contribution in [1.82, 2.24) is 4.31 Å². The molecule has 126 valence electrons. The highest BCUT2D eigenvalue weighted by molar-refractivity contribution is 7.89. The fraction of sp³-hybridized carbons (Fsp3) is 0.500. The maximum absolute atomic E-state index is 12.7. The van der Waals surface area contributed by atoms with E-state index in [9.17, 15) is 23.3 Å². The number of nitrogens with zero attached hydrogens (tertiary/aromatic N) is 2. The molecule has 1 fully saturated rings. The number of carbonyl (C=O) groups is 1. The number of rotatable bonds is 5. The first-order chi connectivity index (χ1) is 10.9. The average Bonchev–Trinajstić information content (AvgIpc) is 2.55. The summed E-state index contributed by atoms with van der Waals surface area (Å²) < 4.78 is 31.6. The van der Waals surface area contributed by atoms with Crippen LogP contribution in [0.2, 0.25) is 0 Å². The van der Waals surface area contributed by atoms with E-state index >= 15 is 0 Å². The van der Waals surface area contributed by atoms with Crippen molar-refractivity contribution in [3.05, 3.63) is 34.4 Å². The van der Waals surface area contributed by atoms with E-state index in [2.05, 4.69) is 0 Å². The van der Waals surface area contributed by atoms with Gasteiger partial charge in [-0.1, -0.05) is 0 Å². The Hall–Kier alpha value is -2.00. The molecule has 1 aliphatic heterocycles. The Morgan fingerprint density at radius 3 is 2.57 bits per heavy atom. The van der Waals surface area contributed by atoms with Crippen LogP contribution < -0.4 is 0 Å². The molecule has 1 aromatic rings. The molecule has 0 aliphatic carbocycles. The van der Waals surface area contributed by atoms with Gasteiger partial charge in [0.25, 0.3) is 5.69 Å². The lowest BCUT2D eigenvalue weighted by atomic mass is 10.1. The van der Waals surface area contributed by atoms with Crippen molar-refractivity contribution in [2.75, 3.05) is 13.2 Å². The van der Waals surface area contributed by atoms with Gasteiger partial charge in [0.2, 0.25) is 10.0 Å². The number of non-ortho nitro benzene ring substituents is 1. The number of ether oxygens (including phenoxy) is 1. The van der Waals surface area contributed by atoms with Crippen LogP contribution in [0.5, 0.6) is 0 Å². The summed E-state index contributed by atoms with van der Waals surface area (Å²) >= 11 is 0. The number of carbonyl (C=O) groups excluding carboxylic acids is 1. The highest BCUT2D eigenvalue weighted by Crippen LogP contribution is 2.27. The molecule has 1 unspecified atom stereocenters. The van der Waals surface area contributed by atoms with Gasteiger partial charge >= 0.3 is 5.97 Å². The molecule has 8 nitrogen and oxygen atoms in total. The quantitative estimate of drug-likeness (QED) is 0.458. The van der Waals surface area contributed by atoms with E-state index in [1.54, 1.807) is 6.92 Å². The van der Waals surface area contributed by atoms with Crippen molar-refractivity contribution >= 4 is 21.7 Å². The Morgan fingerprint density at radius 2 is 2.00 bits per heavy atom. The second kappa shape index (κ2) is 7.05. The Balaban J connectivity index is 2.31. The van der Waals surface area contributed by atoms with Crippen LogP contribution >= 0.6 is 0 Å². The minimum Gasteiger partial charge on any atom is -0.465 e. The van der Waals surface area contributed by atoms with Crippen LogP contribution in [-0.4, -0.2) is 42.8 Å². The predicted octanol–water partition coefficient (Wildman–Crippen LogP) is 1.70. The number of esters is 1. The lowest BCUT2D eigenvalue weighted by molar-refractivity contribution is -0.384. The normalized spacial score (nSPS) is 19.3. The van der Waals surface area contributed by atoms with Crippen LogP contribution in [0.1, 0.15) is 26.2 Å². The number of nitro groups is 1. The van der Waals surface area contributed by atoms with Gasteiger partial charge in [-0.05, 0) is 38.3 Å². The monoisotopic (exact) mass is 342 g/mol. The maximum atomic E-state index is 12.7. The molecule has 2 rings (SSSR count). The third-order valence-corrected chi connectivity index (χ3v) is 5.59. The molecule has 0 bridgehead atoms. The summed E-state index contributed by atoms with van der Waals surface area (Å²) in [5, 5.41) is 10.7. The molecule has 1 aromatic carbocycles. The number of sulfonamides is 1. The first-order valence-corrected chi connectivity index (χ1v) is 8.75. The van der Waals surface area contributed by atoms with Crippen molar-refractivity contribution in [3.8, 4) is 0 Å². The molecule has 0 N–H and O–H groups in total. The molecule has 0 radical (unpaired) electrons. The van der Waals surface area contributed by atoms with Crippen LogP contribution in [0, 0.1) is 10.1 Å². The summed E-state index contributed by atoms with van der Waals surface area (Å²) in [5.74, 6) is -0.558. The van der Waals surface area contributed by atoms with Crippen molar-refractivity contribution in [3.63, 3.8) is 0 Å². The van der Waals surface area contributed by atoms with E-state index in [0.717, 1.165) is 22.9 Å². The fourth-order valence-corrected chi connectivity index (χ4v) is 4.19. The second-order valence-corrected chi connectivity index (χ2v) is 7.02. The number of benzene rings is 1. The van der Waals surface area contributed by atoms with Gasteiger partial charge in [0.15, 0.2) is 0 Å². The van der Waals surface area contributed by atoms with Gasteiger partial charge < -0.3 is 4.74 Å². The summed E-state index contributed by atoms with van der Waals surface area (Å²) in [6.45, 7) is 2.07. The molecule has 1 saturated heterocycles. The van der Waals surface area contributed by atoms with E-state index in [-0.39, 0.29) is 23.7 Å². The standard InChI is InChI=1S/C14H18N2O6S/c1-2-22-14(17)13-5-3-4-10-15(13)23(20,21)12-8-6-11(7-9-12)16(18)19/h6-9,13H,2-5,10H2,1H3. The van der Waals surface area contributed by atoms with E-state index in [0.29, 0.717) is 12.8 Å². The van der Waals surface area contributed by atoms with Crippen LogP contribution in [0.15, 0.2) is 29.2 Å². The van der Waals surface area contributed by atoms with Crippen molar-refractivity contribution in [2.24, 2.45) is 0 Å². The summed E-state index contributed by atoms with van der Waals surface area (Å²) in [6, 6.07) is 3.80. The highest BCUT2D eigenvalue weighted by Gasteiger charge is 2.38. The SMILES string of the molecule is CCOC(=O)C1CCCCN1S(=O)(=O)c1ccc([N+](=O)[O-])cc1. The summed E-state index contributed by atoms with van der Waals surface area (Å²) in [6.07, 6.45) is 1.81. The Labute approximate surface area is 134 Å². The second-order valence-electron chi connectivity index (χ2n) is 5.13. The zero-order chi connectivity index (χ0) is 17.0. The molecule has 1 heterocycles. The number of hydrogen-bond acceptors (Lipinski definition) is 6. The topological polar surface area (TPSA) is 107 Å². The van der Waals surface area contributed by atoms with Crippen LogP contribution in [0.4, 0.5) is 5.69 Å². The average molecular weight is 342 g/mol. The fourth-order valence-electron chi connectivity index (χ4n) is 2.54. The Kier molecular flexibility index (Phi) is 5.32. The predicted molar refractivity (Wildman–Crippen MR) is 81.3 cm³/mol. The minimum absolute atomic E-state index is 0.0701. The van der Waals surface area contributed by atoms with Gasteiger partial charge in [0, 0.05) is 18.7 Å². The molecule has 0 saturated carbocycles. The molecule has 0 spiro atoms. The third kappa shape index (κ3) is 3.67. The Morgan fingerprint density at radius 1 is 1.35 bits per heavy atom. The molecular formula is C14H18N2O6S. The van der Waals surface area contributed by atoms with Gasteiger partial charge in [-0.15, -0.1) is 0 Å². The first kappa shape index (κ1) is 17.4. The molecular weight excluding hydrogens is 324 g/mol. The molecule has 23 heavy (non-hydrogen) atoms. The van der Waals surface area contributed by atoms with Gasteiger partial charge in [-0.25, -0.2) is 8.42 Å². The van der Waals surface area contributed by atoms with Crippen LogP contribution in [-0.2, 0) is 19.6 Å². The van der Waals surface area contributed by atoms with Crippen molar-refractivity contribution < 1.29 is 22.9 Å². The van der Waals surface area contributed by atoms with Gasteiger partial charge in [0.1, 0.15) is 6.04 Å². The number of nitro benzene ring substituents is 1. The van der Waals surface area contributed by atoms with Gasteiger partial charge in [-0.3, -0.25) is 14.9 Å². The molecule has 9 heteroatoms. The van der Waals surface area contributed by atoms with Gasteiger partial charge in [-0.2, -0.15) is 4.31 Å². The van der Waals surface area contributed by atoms with E-state index < -0.39 is 27.0 Å². The molecule has 0 amide bonds. The van der Waals surface area contributed by atoms with E-state index in [4.69, 9.17) is 4.74 Å². The highest BCUT2D eigenvalue weighted by atomic mass is 32.2. The third-order valence-electron chi connectivity index (χ3n) is 3.67. The summed E-state index contributed by atoms with van der Waals surface area (Å²) in [7, 11) is -3.91. The Bertz CT molecular complexity index is 686. The largest absolute Gasteiger partial charge is 0.465 e. The van der Waals surface area contributed by atoms with E-state index in [1.807, 2.05) is 0 Å². The summed E-state index contributed by atoms with van der Waals surface area (Å²) in [5.41, 5.74) is -0.190. The summed E-state index contributed by atoms with van der Waals surface area (Å²) in [4.78, 5) is 22.0. The van der Waals surface area contributed by atoms with Crippen molar-refractivity contribution in [2.45, 2.75) is 37.1 Å². The minimum atomic E-state index is -3.91. The lowest BCUT2D eigenvalue weighted by Crippen LogP contribution is -2.48. The zero-order valence-corrected chi connectivity index (χ0v) is 13.5. The van der Waals surface area contributed by atoms with Crippen LogP contribution in [0.3, 0.4) is 0 Å². The van der Waals surface area contributed by atoms with Crippen LogP contribution in [0.25, 0.3) is 0 Å². The molecule has 1 atom stereocenters. The number of piperidine rings is 1. The van der Waals surface area contributed by atoms with Crippen molar-refractivity contribution in [1.29, 1.82) is 0 Å². The maximum Gasteiger partial charge on any atom is 0.324 e. The smallest absolute Gasteiger partial charge is 0.324 e. The van der Waals surface area contributed by atoms with Gasteiger partial charge in [0.05, 0.1) is 16.4 Å².